The van der Waals surface area contributed by atoms with E-state index < -0.39 is 29.6 Å². The molecule has 0 saturated carbocycles. The van der Waals surface area contributed by atoms with Crippen LogP contribution in [0.5, 0.6) is 0 Å². The molecular formula is C19H20FNO5. The van der Waals surface area contributed by atoms with Gasteiger partial charge in [0.2, 0.25) is 5.78 Å². The van der Waals surface area contributed by atoms with Crippen molar-refractivity contribution in [3.05, 3.63) is 58.2 Å². The quantitative estimate of drug-likeness (QED) is 0.630. The highest BCUT2D eigenvalue weighted by Gasteiger charge is 2.27. The number of halogens is 1. The second-order valence-corrected chi connectivity index (χ2v) is 5.76. The van der Waals surface area contributed by atoms with Gasteiger partial charge in [0, 0.05) is 11.3 Å². The lowest BCUT2D eigenvalue weighted by Crippen LogP contribution is -2.25. The van der Waals surface area contributed by atoms with E-state index in [1.165, 1.54) is 19.1 Å². The van der Waals surface area contributed by atoms with Crippen molar-refractivity contribution in [3.8, 4) is 0 Å². The predicted molar refractivity (Wildman–Crippen MR) is 91.8 cm³/mol. The fourth-order valence-electron chi connectivity index (χ4n) is 2.59. The SMILES string of the molecule is CCOC(=O)c1[nH]c(C)c(C(=O)OC(C)C(=O)c2ccc(F)cc2)c1C. The lowest BCUT2D eigenvalue weighted by Gasteiger charge is -2.13. The van der Waals surface area contributed by atoms with Crippen LogP contribution in [-0.4, -0.2) is 35.4 Å². The number of H-pyrrole nitrogens is 1. The van der Waals surface area contributed by atoms with E-state index in [1.54, 1.807) is 20.8 Å². The molecule has 0 saturated heterocycles. The van der Waals surface area contributed by atoms with E-state index in [1.807, 2.05) is 0 Å². The van der Waals surface area contributed by atoms with E-state index >= 15 is 0 Å². The summed E-state index contributed by atoms with van der Waals surface area (Å²) in [5.41, 5.74) is 1.44. The van der Waals surface area contributed by atoms with Gasteiger partial charge in [-0.2, -0.15) is 0 Å². The van der Waals surface area contributed by atoms with Crippen LogP contribution in [0, 0.1) is 19.7 Å². The van der Waals surface area contributed by atoms with Crippen LogP contribution in [0.15, 0.2) is 24.3 Å². The van der Waals surface area contributed by atoms with Crippen LogP contribution in [0.1, 0.15) is 56.3 Å². The molecule has 1 atom stereocenters. The zero-order valence-corrected chi connectivity index (χ0v) is 15.0. The van der Waals surface area contributed by atoms with Crippen LogP contribution in [0.25, 0.3) is 0 Å². The van der Waals surface area contributed by atoms with E-state index in [-0.39, 0.29) is 23.4 Å². The summed E-state index contributed by atoms with van der Waals surface area (Å²) < 4.78 is 23.1. The minimum atomic E-state index is -1.06. The maximum Gasteiger partial charge on any atom is 0.355 e. The summed E-state index contributed by atoms with van der Waals surface area (Å²) >= 11 is 0. The normalized spacial score (nSPS) is 11.7. The first-order valence-electron chi connectivity index (χ1n) is 8.13. The largest absolute Gasteiger partial charge is 0.461 e. The van der Waals surface area contributed by atoms with Gasteiger partial charge in [-0.05, 0) is 57.5 Å². The molecule has 7 heteroatoms. The maximum atomic E-state index is 13.0. The van der Waals surface area contributed by atoms with Crippen LogP contribution >= 0.6 is 0 Å². The van der Waals surface area contributed by atoms with Crippen LogP contribution in [0.2, 0.25) is 0 Å². The van der Waals surface area contributed by atoms with Crippen molar-refractivity contribution in [2.75, 3.05) is 6.61 Å². The van der Waals surface area contributed by atoms with Crippen LogP contribution in [0.3, 0.4) is 0 Å². The Morgan fingerprint density at radius 1 is 1.12 bits per heavy atom. The molecule has 1 heterocycles. The van der Waals surface area contributed by atoms with Crippen molar-refractivity contribution < 1.29 is 28.2 Å². The fourth-order valence-corrected chi connectivity index (χ4v) is 2.59. The first-order chi connectivity index (χ1) is 12.3. The first-order valence-corrected chi connectivity index (χ1v) is 8.13. The second kappa shape index (κ2) is 7.95. The predicted octanol–water partition coefficient (Wildman–Crippen LogP) is 3.38. The van der Waals surface area contributed by atoms with Crippen molar-refractivity contribution in [2.24, 2.45) is 0 Å². The summed E-state index contributed by atoms with van der Waals surface area (Å²) in [6, 6.07) is 4.98. The number of nitrogens with one attached hydrogen (secondary N) is 1. The molecular weight excluding hydrogens is 341 g/mol. The van der Waals surface area contributed by atoms with Gasteiger partial charge in [-0.15, -0.1) is 0 Å². The van der Waals surface area contributed by atoms with Crippen molar-refractivity contribution in [1.82, 2.24) is 4.98 Å². The molecule has 0 aliphatic rings. The first kappa shape index (κ1) is 19.4. The highest BCUT2D eigenvalue weighted by Crippen LogP contribution is 2.21. The Hall–Kier alpha value is -2.96. The van der Waals surface area contributed by atoms with E-state index in [2.05, 4.69) is 4.98 Å². The molecule has 0 fully saturated rings. The number of hydrogen-bond acceptors (Lipinski definition) is 5. The number of benzene rings is 1. The Morgan fingerprint density at radius 2 is 1.73 bits per heavy atom. The van der Waals surface area contributed by atoms with Crippen LogP contribution < -0.4 is 0 Å². The average Bonchev–Trinajstić information content (AvgIpc) is 2.89. The molecule has 138 valence electrons. The number of esters is 2. The summed E-state index contributed by atoms with van der Waals surface area (Å²) in [6.45, 7) is 6.55. The molecule has 1 N–H and O–H groups in total. The topological polar surface area (TPSA) is 85.5 Å². The molecule has 6 nitrogen and oxygen atoms in total. The third kappa shape index (κ3) is 3.99. The summed E-state index contributed by atoms with van der Waals surface area (Å²) in [5, 5.41) is 0. The van der Waals surface area contributed by atoms with Crippen molar-refractivity contribution in [1.29, 1.82) is 0 Å². The number of ether oxygens (including phenoxy) is 2. The smallest absolute Gasteiger partial charge is 0.355 e. The van der Waals surface area contributed by atoms with Crippen molar-refractivity contribution in [2.45, 2.75) is 33.8 Å². The number of carbonyl (C=O) groups is 3. The fraction of sp³-hybridized carbons (Fsp3) is 0.316. The number of Topliss-reactive ketones (excluding diaryl/α,β-unsaturated/α-hetero) is 1. The lowest BCUT2D eigenvalue weighted by atomic mass is 10.1. The van der Waals surface area contributed by atoms with E-state index in [4.69, 9.17) is 9.47 Å². The Bertz CT molecular complexity index is 838. The number of aryl methyl sites for hydroxylation is 1. The third-order valence-corrected chi connectivity index (χ3v) is 3.90. The van der Waals surface area contributed by atoms with Gasteiger partial charge in [0.05, 0.1) is 12.2 Å². The molecule has 0 radical (unpaired) electrons. The molecule has 1 unspecified atom stereocenters. The Morgan fingerprint density at radius 3 is 2.31 bits per heavy atom. The number of carbonyl (C=O) groups excluding carboxylic acids is 3. The van der Waals surface area contributed by atoms with Crippen molar-refractivity contribution in [3.63, 3.8) is 0 Å². The maximum absolute atomic E-state index is 13.0. The lowest BCUT2D eigenvalue weighted by molar-refractivity contribution is 0.0317. The number of aromatic amines is 1. The van der Waals surface area contributed by atoms with Gasteiger partial charge < -0.3 is 14.5 Å². The number of hydrogen-bond donors (Lipinski definition) is 1. The molecule has 0 aliphatic heterocycles. The Balaban J connectivity index is 2.18. The van der Waals surface area contributed by atoms with Gasteiger partial charge in [-0.1, -0.05) is 0 Å². The molecule has 0 aliphatic carbocycles. The number of ketones is 1. The summed E-state index contributed by atoms with van der Waals surface area (Å²) in [4.78, 5) is 39.5. The zero-order valence-electron chi connectivity index (χ0n) is 15.0. The molecule has 2 aromatic rings. The average molecular weight is 361 g/mol. The molecule has 26 heavy (non-hydrogen) atoms. The minimum absolute atomic E-state index is 0.175. The third-order valence-electron chi connectivity index (χ3n) is 3.90. The van der Waals surface area contributed by atoms with Gasteiger partial charge in [-0.25, -0.2) is 14.0 Å². The standard InChI is InChI=1S/C19H20FNO5/c1-5-25-19(24)16-10(2)15(11(3)21-16)18(23)26-12(4)17(22)13-6-8-14(20)9-7-13/h6-9,12,21H,5H2,1-4H3. The molecule has 1 aromatic heterocycles. The second-order valence-electron chi connectivity index (χ2n) is 5.76. The number of aromatic nitrogens is 1. The minimum Gasteiger partial charge on any atom is -0.461 e. The summed E-state index contributed by atoms with van der Waals surface area (Å²) in [5.74, 6) is -2.21. The van der Waals surface area contributed by atoms with Crippen LogP contribution in [0.4, 0.5) is 4.39 Å². The van der Waals surface area contributed by atoms with Gasteiger partial charge in [0.25, 0.3) is 0 Å². The van der Waals surface area contributed by atoms with Gasteiger partial charge in [-0.3, -0.25) is 4.79 Å². The summed E-state index contributed by atoms with van der Waals surface area (Å²) in [6.07, 6.45) is -1.06. The Kier molecular flexibility index (Phi) is 5.92. The van der Waals surface area contributed by atoms with Gasteiger partial charge >= 0.3 is 11.9 Å². The van der Waals surface area contributed by atoms with Crippen molar-refractivity contribution >= 4 is 17.7 Å². The molecule has 1 aromatic carbocycles. The molecule has 0 spiro atoms. The highest BCUT2D eigenvalue weighted by atomic mass is 19.1. The molecule has 0 amide bonds. The highest BCUT2D eigenvalue weighted by molar-refractivity contribution is 6.03. The monoisotopic (exact) mass is 361 g/mol. The Labute approximate surface area is 150 Å². The van der Waals surface area contributed by atoms with E-state index in [0.717, 1.165) is 12.1 Å². The van der Waals surface area contributed by atoms with Crippen LogP contribution in [-0.2, 0) is 9.47 Å². The van der Waals surface area contributed by atoms with E-state index in [0.29, 0.717) is 11.3 Å². The summed E-state index contributed by atoms with van der Waals surface area (Å²) in [7, 11) is 0. The number of rotatable bonds is 6. The van der Waals surface area contributed by atoms with E-state index in [9.17, 15) is 18.8 Å². The zero-order chi connectivity index (χ0) is 19.4. The molecule has 0 bridgehead atoms. The van der Waals surface area contributed by atoms with Gasteiger partial charge in [0.1, 0.15) is 11.5 Å². The molecule has 2 rings (SSSR count). The van der Waals surface area contributed by atoms with Gasteiger partial charge in [0.15, 0.2) is 6.10 Å².